The zero-order valence-electron chi connectivity index (χ0n) is 19.6. The van der Waals surface area contributed by atoms with Crippen LogP contribution in [0.4, 0.5) is 5.82 Å². The number of aromatic nitrogens is 1. The summed E-state index contributed by atoms with van der Waals surface area (Å²) < 4.78 is 0. The van der Waals surface area contributed by atoms with Crippen LogP contribution in [0.2, 0.25) is 0 Å². The van der Waals surface area contributed by atoms with Gasteiger partial charge in [-0.25, -0.2) is 4.98 Å². The maximum absolute atomic E-state index is 12.9. The number of carbonyl (C=O) groups excluding carboxylic acids is 1. The summed E-state index contributed by atoms with van der Waals surface area (Å²) in [5.74, 6) is 1.88. The van der Waals surface area contributed by atoms with Gasteiger partial charge in [-0.05, 0) is 63.1 Å². The second-order valence-electron chi connectivity index (χ2n) is 9.54. The number of piperidine rings is 1. The average Bonchev–Trinajstić information content (AvgIpc) is 2.81. The number of likely N-dealkylation sites (tertiary alicyclic amines) is 1. The van der Waals surface area contributed by atoms with Gasteiger partial charge in [0, 0.05) is 51.9 Å². The van der Waals surface area contributed by atoms with E-state index in [-0.39, 0.29) is 0 Å². The Hall–Kier alpha value is -2.44. The molecule has 6 heteroatoms. The molecule has 1 aromatic carbocycles. The van der Waals surface area contributed by atoms with Crippen LogP contribution >= 0.6 is 0 Å². The number of anilines is 1. The van der Waals surface area contributed by atoms with E-state index in [1.807, 2.05) is 6.20 Å². The average molecular weight is 436 g/mol. The molecule has 0 radical (unpaired) electrons. The van der Waals surface area contributed by atoms with Gasteiger partial charge in [0.25, 0.3) is 0 Å². The number of hydrogen-bond acceptors (Lipinski definition) is 5. The molecule has 0 aliphatic carbocycles. The predicted octanol–water partition coefficient (Wildman–Crippen LogP) is 3.09. The molecule has 2 aliphatic heterocycles. The molecule has 6 nitrogen and oxygen atoms in total. The molecule has 0 spiro atoms. The lowest BCUT2D eigenvalue weighted by molar-refractivity contribution is -0.132. The summed E-state index contributed by atoms with van der Waals surface area (Å²) in [4.78, 5) is 26.6. The number of amides is 1. The molecular formula is C26H37N5O. The van der Waals surface area contributed by atoms with Gasteiger partial charge in [-0.1, -0.05) is 36.4 Å². The Kier molecular flexibility index (Phi) is 7.76. The van der Waals surface area contributed by atoms with E-state index in [2.05, 4.69) is 81.1 Å². The smallest absolute Gasteiger partial charge is 0.222 e. The first-order valence-electron chi connectivity index (χ1n) is 12.0. The fourth-order valence-electron chi connectivity index (χ4n) is 4.81. The van der Waals surface area contributed by atoms with Gasteiger partial charge in [-0.15, -0.1) is 0 Å². The summed E-state index contributed by atoms with van der Waals surface area (Å²) in [7, 11) is 4.14. The Morgan fingerprint density at radius 1 is 0.938 bits per heavy atom. The summed E-state index contributed by atoms with van der Waals surface area (Å²) in [5, 5.41) is 0. The molecule has 32 heavy (non-hydrogen) atoms. The highest BCUT2D eigenvalue weighted by Gasteiger charge is 2.26. The Morgan fingerprint density at radius 3 is 2.28 bits per heavy atom. The minimum atomic E-state index is 0.334. The van der Waals surface area contributed by atoms with Crippen molar-refractivity contribution in [1.29, 1.82) is 0 Å². The van der Waals surface area contributed by atoms with Crippen LogP contribution in [0.1, 0.15) is 30.4 Å². The Bertz CT molecular complexity index is 838. The summed E-state index contributed by atoms with van der Waals surface area (Å²) in [6.07, 6.45) is 4.93. The molecule has 172 valence electrons. The van der Waals surface area contributed by atoms with E-state index in [1.54, 1.807) is 0 Å². The lowest BCUT2D eigenvalue weighted by Gasteiger charge is -2.37. The van der Waals surface area contributed by atoms with Crippen molar-refractivity contribution in [1.82, 2.24) is 19.7 Å². The molecule has 0 saturated carbocycles. The molecule has 0 N–H and O–H groups in total. The Morgan fingerprint density at radius 2 is 1.66 bits per heavy atom. The van der Waals surface area contributed by atoms with Crippen molar-refractivity contribution in [2.75, 3.05) is 58.3 Å². The molecular weight excluding hydrogens is 398 g/mol. The van der Waals surface area contributed by atoms with Crippen molar-refractivity contribution < 1.29 is 4.79 Å². The van der Waals surface area contributed by atoms with Crippen LogP contribution in [0.5, 0.6) is 0 Å². The molecule has 2 aromatic rings. The molecule has 4 rings (SSSR count). The monoisotopic (exact) mass is 435 g/mol. The van der Waals surface area contributed by atoms with Crippen LogP contribution in [0, 0.1) is 5.92 Å². The van der Waals surface area contributed by atoms with Crippen molar-refractivity contribution in [3.63, 3.8) is 0 Å². The SMILES string of the molecule is CN(C)Cc1ccc(N2CCN(C(=O)CC3CCN(Cc4ccccc4)CC3)CC2)nc1. The highest BCUT2D eigenvalue weighted by Crippen LogP contribution is 2.23. The molecule has 2 fully saturated rings. The summed E-state index contributed by atoms with van der Waals surface area (Å²) >= 11 is 0. The maximum Gasteiger partial charge on any atom is 0.222 e. The molecule has 0 atom stereocenters. The molecule has 0 bridgehead atoms. The second kappa shape index (κ2) is 10.9. The van der Waals surface area contributed by atoms with E-state index in [9.17, 15) is 4.79 Å². The first-order chi connectivity index (χ1) is 15.6. The molecule has 3 heterocycles. The standard InChI is InChI=1S/C26H37N5O/c1-28(2)20-24-8-9-25(27-19-24)30-14-16-31(17-15-30)26(32)18-22-10-12-29(13-11-22)21-23-6-4-3-5-7-23/h3-9,19,22H,10-18,20-21H2,1-2H3. The van der Waals surface area contributed by atoms with Crippen molar-refractivity contribution in [2.45, 2.75) is 32.4 Å². The predicted molar refractivity (Wildman–Crippen MR) is 129 cm³/mol. The number of benzene rings is 1. The number of nitrogens with zero attached hydrogens (tertiary/aromatic N) is 5. The van der Waals surface area contributed by atoms with Gasteiger partial charge < -0.3 is 14.7 Å². The molecule has 2 saturated heterocycles. The van der Waals surface area contributed by atoms with Crippen molar-refractivity contribution in [2.24, 2.45) is 5.92 Å². The van der Waals surface area contributed by atoms with Crippen LogP contribution in [0.3, 0.4) is 0 Å². The van der Waals surface area contributed by atoms with Gasteiger partial charge in [-0.3, -0.25) is 9.69 Å². The quantitative estimate of drug-likeness (QED) is 0.669. The third kappa shape index (κ3) is 6.30. The van der Waals surface area contributed by atoms with E-state index in [0.717, 1.165) is 71.0 Å². The lowest BCUT2D eigenvalue weighted by Crippen LogP contribution is -2.49. The van der Waals surface area contributed by atoms with E-state index in [0.29, 0.717) is 18.2 Å². The van der Waals surface area contributed by atoms with Crippen molar-refractivity contribution >= 4 is 11.7 Å². The number of rotatable bonds is 7. The number of piperazine rings is 1. The Balaban J connectivity index is 1.18. The number of carbonyl (C=O) groups is 1. The van der Waals surface area contributed by atoms with E-state index in [1.165, 1.54) is 11.1 Å². The van der Waals surface area contributed by atoms with Crippen LogP contribution in [-0.2, 0) is 17.9 Å². The molecule has 1 amide bonds. The van der Waals surface area contributed by atoms with Gasteiger partial charge in [0.05, 0.1) is 0 Å². The first-order valence-corrected chi connectivity index (χ1v) is 12.0. The number of pyridine rings is 1. The zero-order valence-corrected chi connectivity index (χ0v) is 19.6. The fourth-order valence-corrected chi connectivity index (χ4v) is 4.81. The minimum absolute atomic E-state index is 0.334. The van der Waals surface area contributed by atoms with E-state index < -0.39 is 0 Å². The minimum Gasteiger partial charge on any atom is -0.353 e. The molecule has 0 unspecified atom stereocenters. The third-order valence-electron chi connectivity index (χ3n) is 6.68. The fraction of sp³-hybridized carbons (Fsp3) is 0.538. The van der Waals surface area contributed by atoms with Crippen LogP contribution in [0.25, 0.3) is 0 Å². The van der Waals surface area contributed by atoms with Gasteiger partial charge in [0.2, 0.25) is 5.91 Å². The van der Waals surface area contributed by atoms with Gasteiger partial charge in [-0.2, -0.15) is 0 Å². The molecule has 2 aliphatic rings. The van der Waals surface area contributed by atoms with Crippen LogP contribution < -0.4 is 4.90 Å². The van der Waals surface area contributed by atoms with Gasteiger partial charge >= 0.3 is 0 Å². The summed E-state index contributed by atoms with van der Waals surface area (Å²) in [6, 6.07) is 14.9. The maximum atomic E-state index is 12.9. The van der Waals surface area contributed by atoms with Gasteiger partial charge in [0.15, 0.2) is 0 Å². The highest BCUT2D eigenvalue weighted by molar-refractivity contribution is 5.76. The zero-order chi connectivity index (χ0) is 22.3. The van der Waals surface area contributed by atoms with Crippen molar-refractivity contribution in [3.8, 4) is 0 Å². The summed E-state index contributed by atoms with van der Waals surface area (Å²) in [6.45, 7) is 7.43. The second-order valence-corrected chi connectivity index (χ2v) is 9.54. The largest absolute Gasteiger partial charge is 0.353 e. The third-order valence-corrected chi connectivity index (χ3v) is 6.68. The number of hydrogen-bond donors (Lipinski definition) is 0. The topological polar surface area (TPSA) is 42.9 Å². The molecule has 1 aromatic heterocycles. The lowest BCUT2D eigenvalue weighted by atomic mass is 9.92. The van der Waals surface area contributed by atoms with E-state index >= 15 is 0 Å². The van der Waals surface area contributed by atoms with Crippen molar-refractivity contribution in [3.05, 3.63) is 59.8 Å². The van der Waals surface area contributed by atoms with Crippen LogP contribution in [0.15, 0.2) is 48.7 Å². The van der Waals surface area contributed by atoms with E-state index in [4.69, 9.17) is 0 Å². The first kappa shape index (κ1) is 22.7. The Labute approximate surface area is 192 Å². The normalized spacial score (nSPS) is 18.3. The van der Waals surface area contributed by atoms with Gasteiger partial charge in [0.1, 0.15) is 5.82 Å². The highest BCUT2D eigenvalue weighted by atomic mass is 16.2. The van der Waals surface area contributed by atoms with Crippen LogP contribution in [-0.4, -0.2) is 79.0 Å². The summed E-state index contributed by atoms with van der Waals surface area (Å²) in [5.41, 5.74) is 2.60.